The number of ether oxygens (including phenoxy) is 1. The van der Waals surface area contributed by atoms with E-state index in [1.807, 2.05) is 31.5 Å². The van der Waals surface area contributed by atoms with Gasteiger partial charge in [-0.2, -0.15) is 5.10 Å². The van der Waals surface area contributed by atoms with Crippen molar-refractivity contribution in [3.05, 3.63) is 23.5 Å². The first-order chi connectivity index (χ1) is 12.4. The predicted molar refractivity (Wildman–Crippen MR) is 97.9 cm³/mol. The van der Waals surface area contributed by atoms with Crippen molar-refractivity contribution < 1.29 is 14.3 Å². The average molecular weight is 358 g/mol. The van der Waals surface area contributed by atoms with Gasteiger partial charge in [0.25, 0.3) is 5.91 Å². The highest BCUT2D eigenvalue weighted by Gasteiger charge is 2.30. The molecule has 1 amide bonds. The number of carbonyl (C=O) groups excluding carboxylic acids is 2. The summed E-state index contributed by atoms with van der Waals surface area (Å²) in [4.78, 5) is 31.4. The van der Waals surface area contributed by atoms with E-state index in [2.05, 4.69) is 10.1 Å². The lowest BCUT2D eigenvalue weighted by atomic mass is 9.97. The number of hydrogen-bond acceptors (Lipinski definition) is 5. The summed E-state index contributed by atoms with van der Waals surface area (Å²) in [6, 6.07) is 2.06. The number of fused-ring (bicyclic) bond motifs is 1. The standard InChI is InChI=1S/C19H26N4O3/c1-5-26-19(25)14-7-6-8-22(11-14)18(24)16-9-15-10-20-23(12(2)3)17(15)21-13(16)4/h9-10,12,14H,5-8,11H2,1-4H3/t14-/m0/s1. The zero-order chi connectivity index (χ0) is 18.8. The fraction of sp³-hybridized carbons (Fsp3) is 0.579. The number of likely N-dealkylation sites (tertiary alicyclic amines) is 1. The molecular weight excluding hydrogens is 332 g/mol. The SMILES string of the molecule is CCOC(=O)[C@H]1CCCN(C(=O)c2cc3cnn(C(C)C)c3nc2C)C1. The van der Waals surface area contributed by atoms with Crippen LogP contribution in [0, 0.1) is 12.8 Å². The molecule has 0 radical (unpaired) electrons. The molecule has 140 valence electrons. The lowest BCUT2D eigenvalue weighted by Gasteiger charge is -2.31. The van der Waals surface area contributed by atoms with Crippen LogP contribution in [0.3, 0.4) is 0 Å². The second kappa shape index (κ2) is 7.43. The summed E-state index contributed by atoms with van der Waals surface area (Å²) in [6.45, 7) is 9.15. The second-order valence-corrected chi connectivity index (χ2v) is 7.06. The second-order valence-electron chi connectivity index (χ2n) is 7.06. The number of piperidine rings is 1. The average Bonchev–Trinajstić information content (AvgIpc) is 3.03. The maximum Gasteiger partial charge on any atom is 0.310 e. The predicted octanol–water partition coefficient (Wildman–Crippen LogP) is 2.74. The third kappa shape index (κ3) is 3.43. The third-order valence-corrected chi connectivity index (χ3v) is 4.81. The van der Waals surface area contributed by atoms with Crippen molar-refractivity contribution in [3.63, 3.8) is 0 Å². The van der Waals surface area contributed by atoms with E-state index in [9.17, 15) is 9.59 Å². The minimum Gasteiger partial charge on any atom is -0.466 e. The summed E-state index contributed by atoms with van der Waals surface area (Å²) < 4.78 is 6.98. The van der Waals surface area contributed by atoms with E-state index in [0.29, 0.717) is 31.0 Å². The molecule has 26 heavy (non-hydrogen) atoms. The summed E-state index contributed by atoms with van der Waals surface area (Å²) in [5, 5.41) is 5.23. The van der Waals surface area contributed by atoms with Gasteiger partial charge in [-0.1, -0.05) is 0 Å². The molecule has 0 bridgehead atoms. The molecule has 1 saturated heterocycles. The third-order valence-electron chi connectivity index (χ3n) is 4.81. The molecule has 1 atom stereocenters. The molecule has 3 heterocycles. The summed E-state index contributed by atoms with van der Waals surface area (Å²) in [5.41, 5.74) is 2.05. The lowest BCUT2D eigenvalue weighted by molar-refractivity contribution is -0.149. The van der Waals surface area contributed by atoms with Crippen LogP contribution in [0.2, 0.25) is 0 Å². The highest BCUT2D eigenvalue weighted by molar-refractivity contribution is 5.98. The van der Waals surface area contributed by atoms with E-state index < -0.39 is 0 Å². The highest BCUT2D eigenvalue weighted by atomic mass is 16.5. The smallest absolute Gasteiger partial charge is 0.310 e. The van der Waals surface area contributed by atoms with Crippen LogP contribution >= 0.6 is 0 Å². The minimum atomic E-state index is -0.242. The number of aryl methyl sites for hydroxylation is 1. The Bertz CT molecular complexity index is 828. The van der Waals surface area contributed by atoms with Crippen LogP contribution in [0.15, 0.2) is 12.3 Å². The van der Waals surface area contributed by atoms with E-state index in [0.717, 1.165) is 23.9 Å². The lowest BCUT2D eigenvalue weighted by Crippen LogP contribution is -2.43. The van der Waals surface area contributed by atoms with Gasteiger partial charge in [0, 0.05) is 24.5 Å². The largest absolute Gasteiger partial charge is 0.466 e. The highest BCUT2D eigenvalue weighted by Crippen LogP contribution is 2.23. The van der Waals surface area contributed by atoms with Crippen LogP contribution in [0.25, 0.3) is 11.0 Å². The van der Waals surface area contributed by atoms with Gasteiger partial charge in [-0.25, -0.2) is 9.67 Å². The van der Waals surface area contributed by atoms with Gasteiger partial charge in [-0.05, 0) is 46.6 Å². The van der Waals surface area contributed by atoms with Gasteiger partial charge in [-0.3, -0.25) is 9.59 Å². The molecule has 1 aliphatic heterocycles. The van der Waals surface area contributed by atoms with E-state index >= 15 is 0 Å². The van der Waals surface area contributed by atoms with Crippen molar-refractivity contribution in [3.8, 4) is 0 Å². The number of rotatable bonds is 4. The molecule has 0 spiro atoms. The molecule has 2 aromatic rings. The Hall–Kier alpha value is -2.44. The molecular formula is C19H26N4O3. The Morgan fingerprint density at radius 1 is 1.38 bits per heavy atom. The fourth-order valence-electron chi connectivity index (χ4n) is 3.44. The Morgan fingerprint density at radius 3 is 2.85 bits per heavy atom. The van der Waals surface area contributed by atoms with Crippen LogP contribution in [-0.4, -0.2) is 51.2 Å². The summed E-state index contributed by atoms with van der Waals surface area (Å²) in [7, 11) is 0. The first-order valence-electron chi connectivity index (χ1n) is 9.23. The van der Waals surface area contributed by atoms with Crippen LogP contribution < -0.4 is 0 Å². The van der Waals surface area contributed by atoms with Crippen molar-refractivity contribution in [1.82, 2.24) is 19.7 Å². The Morgan fingerprint density at radius 2 is 2.15 bits per heavy atom. The van der Waals surface area contributed by atoms with Gasteiger partial charge in [-0.15, -0.1) is 0 Å². The molecule has 0 aliphatic carbocycles. The molecule has 2 aromatic heterocycles. The zero-order valence-corrected chi connectivity index (χ0v) is 15.9. The van der Waals surface area contributed by atoms with Gasteiger partial charge >= 0.3 is 5.97 Å². The van der Waals surface area contributed by atoms with Crippen molar-refractivity contribution in [2.75, 3.05) is 19.7 Å². The van der Waals surface area contributed by atoms with Crippen LogP contribution in [0.4, 0.5) is 0 Å². The molecule has 7 nitrogen and oxygen atoms in total. The molecule has 1 fully saturated rings. The number of nitrogens with zero attached hydrogens (tertiary/aromatic N) is 4. The van der Waals surface area contributed by atoms with Gasteiger partial charge in [0.2, 0.25) is 0 Å². The van der Waals surface area contributed by atoms with Gasteiger partial charge in [0.1, 0.15) is 0 Å². The van der Waals surface area contributed by atoms with Gasteiger partial charge in [0.05, 0.1) is 30.0 Å². The minimum absolute atomic E-state index is 0.0804. The monoisotopic (exact) mass is 358 g/mol. The summed E-state index contributed by atoms with van der Waals surface area (Å²) >= 11 is 0. The molecule has 0 N–H and O–H groups in total. The molecule has 0 saturated carbocycles. The zero-order valence-electron chi connectivity index (χ0n) is 15.9. The van der Waals surface area contributed by atoms with Crippen LogP contribution in [0.1, 0.15) is 55.7 Å². The first kappa shape index (κ1) is 18.4. The number of pyridine rings is 1. The van der Waals surface area contributed by atoms with Crippen LogP contribution in [-0.2, 0) is 9.53 Å². The summed E-state index contributed by atoms with van der Waals surface area (Å²) in [5.74, 6) is -0.537. The topological polar surface area (TPSA) is 77.3 Å². The number of hydrogen-bond donors (Lipinski definition) is 0. The maximum atomic E-state index is 13.0. The fourth-order valence-corrected chi connectivity index (χ4v) is 3.44. The first-order valence-corrected chi connectivity index (χ1v) is 9.23. The van der Waals surface area contributed by atoms with Crippen molar-refractivity contribution in [2.45, 2.75) is 46.6 Å². The number of carbonyl (C=O) groups is 2. The number of aromatic nitrogens is 3. The molecule has 0 aromatic carbocycles. The Labute approximate surface area is 153 Å². The van der Waals surface area contributed by atoms with E-state index in [1.165, 1.54) is 0 Å². The van der Waals surface area contributed by atoms with Crippen molar-refractivity contribution in [1.29, 1.82) is 0 Å². The molecule has 3 rings (SSSR count). The Kier molecular flexibility index (Phi) is 5.25. The van der Waals surface area contributed by atoms with Crippen LogP contribution in [0.5, 0.6) is 0 Å². The molecule has 7 heteroatoms. The normalized spacial score (nSPS) is 17.7. The molecule has 1 aliphatic rings. The van der Waals surface area contributed by atoms with Crippen molar-refractivity contribution in [2.24, 2.45) is 5.92 Å². The van der Waals surface area contributed by atoms with E-state index in [-0.39, 0.29) is 23.8 Å². The molecule has 0 unspecified atom stereocenters. The Balaban J connectivity index is 1.85. The summed E-state index contributed by atoms with van der Waals surface area (Å²) in [6.07, 6.45) is 3.31. The number of esters is 1. The number of amides is 1. The van der Waals surface area contributed by atoms with Gasteiger partial charge < -0.3 is 9.64 Å². The quantitative estimate of drug-likeness (QED) is 0.786. The van der Waals surface area contributed by atoms with E-state index in [4.69, 9.17) is 4.74 Å². The van der Waals surface area contributed by atoms with Gasteiger partial charge in [0.15, 0.2) is 5.65 Å². The van der Waals surface area contributed by atoms with E-state index in [1.54, 1.807) is 18.0 Å². The maximum absolute atomic E-state index is 13.0. The van der Waals surface area contributed by atoms with Crippen molar-refractivity contribution >= 4 is 22.9 Å².